The number of allylic oxidation sites excluding steroid dienone is 1. The molecule has 0 aliphatic carbocycles. The topological polar surface area (TPSA) is 87.5 Å². The number of ether oxygens (including phenoxy) is 3. The number of methoxy groups -OCH3 is 1. The molecule has 1 N–H and O–H groups in total. The zero-order valence-electron chi connectivity index (χ0n) is 16.0. The largest absolute Gasteiger partial charge is 0.493 e. The molecule has 2 aromatic rings. The summed E-state index contributed by atoms with van der Waals surface area (Å²) in [4.78, 5) is 16.9. The van der Waals surface area contributed by atoms with Crippen LogP contribution in [0.5, 0.6) is 11.5 Å². The number of hydrogen-bond donors (Lipinski definition) is 1. The van der Waals surface area contributed by atoms with Crippen LogP contribution in [-0.2, 0) is 9.53 Å². The van der Waals surface area contributed by atoms with Gasteiger partial charge in [0, 0.05) is 5.70 Å². The second kappa shape index (κ2) is 8.11. The molecular formula is C19H24N4O4. The van der Waals surface area contributed by atoms with E-state index in [1.54, 1.807) is 18.7 Å². The zero-order chi connectivity index (χ0) is 19.4. The average molecular weight is 372 g/mol. The van der Waals surface area contributed by atoms with Gasteiger partial charge in [-0.2, -0.15) is 10.1 Å². The Morgan fingerprint density at radius 3 is 2.81 bits per heavy atom. The molecule has 0 radical (unpaired) electrons. The molecule has 0 fully saturated rings. The van der Waals surface area contributed by atoms with E-state index in [0.717, 1.165) is 12.0 Å². The SMILES string of the molecule is CCCOc1ccc(C2C(C(=O)OCC)=C(C)Nc3ncnn32)cc1OC. The Kier molecular flexibility index (Phi) is 5.63. The van der Waals surface area contributed by atoms with Crippen molar-refractivity contribution in [3.63, 3.8) is 0 Å². The first-order valence-corrected chi connectivity index (χ1v) is 8.95. The molecule has 0 saturated heterocycles. The first-order chi connectivity index (χ1) is 13.1. The van der Waals surface area contributed by atoms with Crippen LogP contribution in [0, 0.1) is 0 Å². The van der Waals surface area contributed by atoms with Crippen LogP contribution >= 0.6 is 0 Å². The minimum atomic E-state index is -0.475. The van der Waals surface area contributed by atoms with E-state index >= 15 is 0 Å². The van der Waals surface area contributed by atoms with Crippen LogP contribution in [0.15, 0.2) is 35.8 Å². The lowest BCUT2D eigenvalue weighted by atomic mass is 9.95. The van der Waals surface area contributed by atoms with Gasteiger partial charge in [-0.1, -0.05) is 13.0 Å². The fourth-order valence-corrected chi connectivity index (χ4v) is 3.06. The van der Waals surface area contributed by atoms with E-state index in [9.17, 15) is 4.79 Å². The number of esters is 1. The maximum absolute atomic E-state index is 12.6. The molecule has 1 unspecified atom stereocenters. The van der Waals surface area contributed by atoms with Crippen molar-refractivity contribution in [2.24, 2.45) is 0 Å². The number of hydrogen-bond acceptors (Lipinski definition) is 7. The van der Waals surface area contributed by atoms with Gasteiger partial charge in [-0.05, 0) is 38.0 Å². The van der Waals surface area contributed by atoms with Crippen molar-refractivity contribution in [3.8, 4) is 11.5 Å². The molecule has 8 heteroatoms. The fourth-order valence-electron chi connectivity index (χ4n) is 3.06. The van der Waals surface area contributed by atoms with Crippen molar-refractivity contribution in [2.75, 3.05) is 25.6 Å². The predicted octanol–water partition coefficient (Wildman–Crippen LogP) is 2.93. The van der Waals surface area contributed by atoms with E-state index in [1.165, 1.54) is 6.33 Å². The van der Waals surface area contributed by atoms with Gasteiger partial charge in [-0.3, -0.25) is 0 Å². The Morgan fingerprint density at radius 2 is 2.11 bits per heavy atom. The summed E-state index contributed by atoms with van der Waals surface area (Å²) >= 11 is 0. The van der Waals surface area contributed by atoms with Crippen molar-refractivity contribution in [2.45, 2.75) is 33.2 Å². The highest BCUT2D eigenvalue weighted by Crippen LogP contribution is 2.38. The lowest BCUT2D eigenvalue weighted by Gasteiger charge is -2.28. The van der Waals surface area contributed by atoms with E-state index in [0.29, 0.717) is 41.9 Å². The summed E-state index contributed by atoms with van der Waals surface area (Å²) < 4.78 is 18.2. The molecule has 1 aromatic heterocycles. The molecular weight excluding hydrogens is 348 g/mol. The molecule has 8 nitrogen and oxygen atoms in total. The molecule has 1 aromatic carbocycles. The standard InChI is InChI=1S/C19H24N4O4/c1-5-9-27-14-8-7-13(10-15(14)25-4)17-16(18(24)26-6-2)12(3)22-19-20-11-21-23(17)19/h7-8,10-11,17H,5-6,9H2,1-4H3,(H,20,21,22). The zero-order valence-corrected chi connectivity index (χ0v) is 16.0. The number of aromatic nitrogens is 3. The Hall–Kier alpha value is -3.03. The third-order valence-electron chi connectivity index (χ3n) is 4.25. The summed E-state index contributed by atoms with van der Waals surface area (Å²) in [5.74, 6) is 1.44. The number of rotatable bonds is 7. The van der Waals surface area contributed by atoms with E-state index in [1.807, 2.05) is 32.0 Å². The molecule has 0 bridgehead atoms. The highest BCUT2D eigenvalue weighted by atomic mass is 16.5. The smallest absolute Gasteiger partial charge is 0.338 e. The average Bonchev–Trinajstić information content (AvgIpc) is 3.13. The number of fused-ring (bicyclic) bond motifs is 1. The summed E-state index contributed by atoms with van der Waals surface area (Å²) in [6.45, 7) is 6.54. The lowest BCUT2D eigenvalue weighted by molar-refractivity contribution is -0.139. The minimum absolute atomic E-state index is 0.291. The molecule has 0 amide bonds. The lowest BCUT2D eigenvalue weighted by Crippen LogP contribution is -2.29. The molecule has 3 rings (SSSR count). The van der Waals surface area contributed by atoms with Crippen LogP contribution in [0.25, 0.3) is 0 Å². The van der Waals surface area contributed by atoms with Gasteiger partial charge < -0.3 is 19.5 Å². The molecule has 1 aliphatic rings. The molecule has 0 spiro atoms. The van der Waals surface area contributed by atoms with Gasteiger partial charge in [0.15, 0.2) is 11.5 Å². The van der Waals surface area contributed by atoms with Crippen LogP contribution in [0.1, 0.15) is 38.8 Å². The minimum Gasteiger partial charge on any atom is -0.493 e. The normalized spacial score (nSPS) is 15.8. The number of carbonyl (C=O) groups excluding carboxylic acids is 1. The van der Waals surface area contributed by atoms with Crippen LogP contribution < -0.4 is 14.8 Å². The van der Waals surface area contributed by atoms with Gasteiger partial charge in [-0.15, -0.1) is 0 Å². The van der Waals surface area contributed by atoms with Crippen molar-refractivity contribution in [1.82, 2.24) is 14.8 Å². The van der Waals surface area contributed by atoms with Crippen molar-refractivity contribution in [3.05, 3.63) is 41.4 Å². The van der Waals surface area contributed by atoms with Crippen LogP contribution in [0.3, 0.4) is 0 Å². The molecule has 144 valence electrons. The molecule has 2 heterocycles. The monoisotopic (exact) mass is 372 g/mol. The van der Waals surface area contributed by atoms with Gasteiger partial charge in [0.05, 0.1) is 25.9 Å². The van der Waals surface area contributed by atoms with Gasteiger partial charge in [0.25, 0.3) is 0 Å². The van der Waals surface area contributed by atoms with Crippen LogP contribution in [-0.4, -0.2) is 41.1 Å². The van der Waals surface area contributed by atoms with Gasteiger partial charge in [-0.25, -0.2) is 9.48 Å². The number of nitrogens with one attached hydrogen (secondary N) is 1. The fraction of sp³-hybridized carbons (Fsp3) is 0.421. The maximum atomic E-state index is 12.6. The van der Waals surface area contributed by atoms with Crippen LogP contribution in [0.2, 0.25) is 0 Å². The molecule has 0 saturated carbocycles. The predicted molar refractivity (Wildman–Crippen MR) is 99.9 cm³/mol. The number of carbonyl (C=O) groups is 1. The van der Waals surface area contributed by atoms with Gasteiger partial charge in [0.1, 0.15) is 12.4 Å². The highest BCUT2D eigenvalue weighted by Gasteiger charge is 2.34. The third-order valence-corrected chi connectivity index (χ3v) is 4.25. The van der Waals surface area contributed by atoms with Crippen molar-refractivity contribution in [1.29, 1.82) is 0 Å². The van der Waals surface area contributed by atoms with E-state index in [4.69, 9.17) is 14.2 Å². The van der Waals surface area contributed by atoms with Crippen molar-refractivity contribution < 1.29 is 19.0 Å². The summed E-state index contributed by atoms with van der Waals surface area (Å²) in [7, 11) is 1.59. The first-order valence-electron chi connectivity index (χ1n) is 8.95. The number of anilines is 1. The molecule has 27 heavy (non-hydrogen) atoms. The second-order valence-electron chi connectivity index (χ2n) is 6.07. The number of benzene rings is 1. The summed E-state index contributed by atoms with van der Waals surface area (Å²) in [6, 6.07) is 5.14. The Bertz CT molecular complexity index is 859. The van der Waals surface area contributed by atoms with Crippen molar-refractivity contribution >= 4 is 11.9 Å². The van der Waals surface area contributed by atoms with Gasteiger partial charge in [0.2, 0.25) is 5.95 Å². The second-order valence-corrected chi connectivity index (χ2v) is 6.07. The quantitative estimate of drug-likeness (QED) is 0.748. The summed E-state index contributed by atoms with van der Waals surface area (Å²) in [5.41, 5.74) is 2.00. The Labute approximate surface area is 158 Å². The van der Waals surface area contributed by atoms with E-state index in [-0.39, 0.29) is 5.97 Å². The first kappa shape index (κ1) is 18.8. The maximum Gasteiger partial charge on any atom is 0.338 e. The van der Waals surface area contributed by atoms with E-state index < -0.39 is 6.04 Å². The Morgan fingerprint density at radius 1 is 1.30 bits per heavy atom. The highest BCUT2D eigenvalue weighted by molar-refractivity contribution is 5.92. The molecule has 1 aliphatic heterocycles. The van der Waals surface area contributed by atoms with E-state index in [2.05, 4.69) is 15.4 Å². The summed E-state index contributed by atoms with van der Waals surface area (Å²) in [6.07, 6.45) is 2.35. The third kappa shape index (κ3) is 3.60. The molecule has 1 atom stereocenters. The number of nitrogens with zero attached hydrogens (tertiary/aromatic N) is 3. The van der Waals surface area contributed by atoms with Crippen LogP contribution in [0.4, 0.5) is 5.95 Å². The van der Waals surface area contributed by atoms with Gasteiger partial charge >= 0.3 is 5.97 Å². The summed E-state index contributed by atoms with van der Waals surface area (Å²) in [5, 5.41) is 7.41. The Balaban J connectivity index is 2.08.